The first-order valence-corrected chi connectivity index (χ1v) is 7.30. The predicted octanol–water partition coefficient (Wildman–Crippen LogP) is 4.45. The van der Waals surface area contributed by atoms with Gasteiger partial charge in [0.2, 0.25) is 0 Å². The molecule has 110 valence electrons. The number of anilines is 1. The quantitative estimate of drug-likeness (QED) is 0.706. The molecule has 0 atom stereocenters. The zero-order valence-corrected chi connectivity index (χ0v) is 13.4. The summed E-state index contributed by atoms with van der Waals surface area (Å²) in [6.07, 6.45) is 4.08. The number of nitrogens with zero attached hydrogens (tertiary/aromatic N) is 1. The smallest absolute Gasteiger partial charge is 0.195 e. The maximum atomic E-state index is 5.67. The molecule has 0 fully saturated rings. The standard InChI is InChI=1S/C15H19NO2S.ClH/c1-3-16(2)15-7-6-14(18-15)11-17-9-4-5-13-8-10-19-12-13;/h4-8,10,12H,3,9,11H2,1-2H3;1H/b5-4+;. The fourth-order valence-electron chi connectivity index (χ4n) is 1.59. The first-order chi connectivity index (χ1) is 9.29. The minimum absolute atomic E-state index is 0. The Labute approximate surface area is 130 Å². The predicted molar refractivity (Wildman–Crippen MR) is 87.9 cm³/mol. The highest BCUT2D eigenvalue weighted by atomic mass is 35.5. The van der Waals surface area contributed by atoms with Crippen molar-refractivity contribution in [1.29, 1.82) is 0 Å². The number of furan rings is 1. The Morgan fingerprint density at radius 2 is 2.20 bits per heavy atom. The average molecular weight is 314 g/mol. The lowest BCUT2D eigenvalue weighted by molar-refractivity contribution is 0.132. The topological polar surface area (TPSA) is 25.6 Å². The van der Waals surface area contributed by atoms with Crippen molar-refractivity contribution in [2.24, 2.45) is 0 Å². The molecule has 20 heavy (non-hydrogen) atoms. The second-order valence-electron chi connectivity index (χ2n) is 4.23. The van der Waals surface area contributed by atoms with Crippen molar-refractivity contribution in [3.05, 3.63) is 46.4 Å². The third-order valence-corrected chi connectivity index (χ3v) is 3.51. The molecule has 0 bridgehead atoms. The summed E-state index contributed by atoms with van der Waals surface area (Å²) < 4.78 is 11.2. The molecule has 0 aromatic carbocycles. The molecule has 0 aliphatic rings. The second kappa shape index (κ2) is 8.84. The summed E-state index contributed by atoms with van der Waals surface area (Å²) in [6, 6.07) is 6.02. The van der Waals surface area contributed by atoms with Crippen LogP contribution in [0.4, 0.5) is 5.88 Å². The summed E-state index contributed by atoms with van der Waals surface area (Å²) in [6.45, 7) is 4.12. The summed E-state index contributed by atoms with van der Waals surface area (Å²) in [5.74, 6) is 1.74. The van der Waals surface area contributed by atoms with Crippen LogP contribution in [0, 0.1) is 0 Å². The van der Waals surface area contributed by atoms with Gasteiger partial charge in [0.05, 0.1) is 6.61 Å². The summed E-state index contributed by atoms with van der Waals surface area (Å²) in [5.41, 5.74) is 1.22. The molecular weight excluding hydrogens is 294 g/mol. The zero-order chi connectivity index (χ0) is 13.5. The van der Waals surface area contributed by atoms with Crippen LogP contribution in [-0.4, -0.2) is 20.2 Å². The van der Waals surface area contributed by atoms with Crippen molar-refractivity contribution in [3.8, 4) is 0 Å². The fraction of sp³-hybridized carbons (Fsp3) is 0.333. The van der Waals surface area contributed by atoms with E-state index in [1.54, 1.807) is 11.3 Å². The molecule has 0 radical (unpaired) electrons. The molecule has 0 N–H and O–H groups in total. The average Bonchev–Trinajstić information content (AvgIpc) is 3.08. The van der Waals surface area contributed by atoms with Crippen LogP contribution in [-0.2, 0) is 11.3 Å². The van der Waals surface area contributed by atoms with Crippen molar-refractivity contribution in [1.82, 2.24) is 0 Å². The molecule has 0 saturated carbocycles. The molecule has 0 unspecified atom stereocenters. The molecule has 2 rings (SSSR count). The molecule has 0 aliphatic heterocycles. The number of halogens is 1. The summed E-state index contributed by atoms with van der Waals surface area (Å²) in [7, 11) is 2.01. The van der Waals surface area contributed by atoms with Gasteiger partial charge in [-0.2, -0.15) is 11.3 Å². The largest absolute Gasteiger partial charge is 0.443 e. The summed E-state index contributed by atoms with van der Waals surface area (Å²) >= 11 is 1.70. The Hall–Kier alpha value is -1.23. The molecule has 2 aromatic heterocycles. The van der Waals surface area contributed by atoms with Crippen LogP contribution in [0.25, 0.3) is 6.08 Å². The Kier molecular flexibility index (Phi) is 7.44. The third-order valence-electron chi connectivity index (χ3n) is 2.81. The molecule has 5 heteroatoms. The molecule has 0 spiro atoms. The number of hydrogen-bond acceptors (Lipinski definition) is 4. The van der Waals surface area contributed by atoms with Gasteiger partial charge >= 0.3 is 0 Å². The van der Waals surface area contributed by atoms with Gasteiger partial charge in [0, 0.05) is 19.7 Å². The van der Waals surface area contributed by atoms with Gasteiger partial charge in [-0.25, -0.2) is 0 Å². The Morgan fingerprint density at radius 3 is 2.90 bits per heavy atom. The Bertz CT molecular complexity index is 508. The maximum Gasteiger partial charge on any atom is 0.195 e. The lowest BCUT2D eigenvalue weighted by Crippen LogP contribution is -2.14. The van der Waals surface area contributed by atoms with Crippen molar-refractivity contribution < 1.29 is 9.15 Å². The summed E-state index contributed by atoms with van der Waals surface area (Å²) in [4.78, 5) is 2.06. The van der Waals surface area contributed by atoms with Crippen molar-refractivity contribution in [2.45, 2.75) is 13.5 Å². The SMILES string of the molecule is CCN(C)c1ccc(COC/C=C/c2ccsc2)o1.Cl. The van der Waals surface area contributed by atoms with Gasteiger partial charge in [-0.15, -0.1) is 12.4 Å². The van der Waals surface area contributed by atoms with Gasteiger partial charge in [0.1, 0.15) is 12.4 Å². The third kappa shape index (κ3) is 5.04. The van der Waals surface area contributed by atoms with Crippen LogP contribution in [0.5, 0.6) is 0 Å². The molecule has 0 aliphatic carbocycles. The van der Waals surface area contributed by atoms with Gasteiger partial charge in [-0.3, -0.25) is 0 Å². The van der Waals surface area contributed by atoms with Gasteiger partial charge < -0.3 is 14.1 Å². The second-order valence-corrected chi connectivity index (χ2v) is 5.01. The van der Waals surface area contributed by atoms with Crippen molar-refractivity contribution in [2.75, 3.05) is 25.1 Å². The van der Waals surface area contributed by atoms with Crippen molar-refractivity contribution in [3.63, 3.8) is 0 Å². The minimum atomic E-state index is 0. The van der Waals surface area contributed by atoms with E-state index in [1.165, 1.54) is 5.56 Å². The van der Waals surface area contributed by atoms with E-state index < -0.39 is 0 Å². The molecular formula is C15H20ClNO2S. The number of hydrogen-bond donors (Lipinski definition) is 0. The van der Waals surface area contributed by atoms with Crippen LogP contribution < -0.4 is 4.90 Å². The van der Waals surface area contributed by atoms with E-state index in [4.69, 9.17) is 9.15 Å². The molecule has 3 nitrogen and oxygen atoms in total. The maximum absolute atomic E-state index is 5.67. The van der Waals surface area contributed by atoms with Crippen LogP contribution in [0.1, 0.15) is 18.2 Å². The highest BCUT2D eigenvalue weighted by molar-refractivity contribution is 7.08. The van der Waals surface area contributed by atoms with E-state index in [0.717, 1.165) is 18.2 Å². The lowest BCUT2D eigenvalue weighted by Gasteiger charge is -2.11. The number of rotatable bonds is 7. The highest BCUT2D eigenvalue weighted by Gasteiger charge is 2.04. The Balaban J connectivity index is 0.00000200. The molecule has 0 amide bonds. The minimum Gasteiger partial charge on any atom is -0.443 e. The molecule has 2 heterocycles. The zero-order valence-electron chi connectivity index (χ0n) is 11.7. The lowest BCUT2D eigenvalue weighted by atomic mass is 10.3. The van der Waals surface area contributed by atoms with E-state index in [2.05, 4.69) is 34.7 Å². The normalized spacial score (nSPS) is 10.7. The first-order valence-electron chi connectivity index (χ1n) is 6.36. The molecule has 2 aromatic rings. The van der Waals surface area contributed by atoms with Crippen LogP contribution in [0.2, 0.25) is 0 Å². The van der Waals surface area contributed by atoms with Crippen LogP contribution in [0.15, 0.2) is 39.5 Å². The summed E-state index contributed by atoms with van der Waals surface area (Å²) in [5, 5.41) is 4.17. The monoisotopic (exact) mass is 313 g/mol. The van der Waals surface area contributed by atoms with Gasteiger partial charge in [-0.05, 0) is 35.4 Å². The van der Waals surface area contributed by atoms with Gasteiger partial charge in [0.15, 0.2) is 5.88 Å². The van der Waals surface area contributed by atoms with E-state index in [0.29, 0.717) is 13.2 Å². The van der Waals surface area contributed by atoms with Crippen molar-refractivity contribution >= 4 is 35.7 Å². The van der Waals surface area contributed by atoms with Crippen LogP contribution >= 0.6 is 23.7 Å². The first kappa shape index (κ1) is 16.8. The van der Waals surface area contributed by atoms with E-state index in [-0.39, 0.29) is 12.4 Å². The molecule has 0 saturated heterocycles. The van der Waals surface area contributed by atoms with Crippen LogP contribution in [0.3, 0.4) is 0 Å². The van der Waals surface area contributed by atoms with E-state index >= 15 is 0 Å². The number of thiophene rings is 1. The van der Waals surface area contributed by atoms with Gasteiger partial charge in [-0.1, -0.05) is 12.2 Å². The highest BCUT2D eigenvalue weighted by Crippen LogP contribution is 2.17. The fourth-order valence-corrected chi connectivity index (χ4v) is 2.22. The van der Waals surface area contributed by atoms with E-state index in [1.807, 2.05) is 25.3 Å². The van der Waals surface area contributed by atoms with Gasteiger partial charge in [0.25, 0.3) is 0 Å². The Morgan fingerprint density at radius 1 is 1.35 bits per heavy atom. The number of ether oxygens (including phenoxy) is 1. The van der Waals surface area contributed by atoms with E-state index in [9.17, 15) is 0 Å².